The maximum Gasteiger partial charge on any atom is 0.131 e. The smallest absolute Gasteiger partial charge is 0.131 e. The number of nitrogens with zero attached hydrogens (tertiary/aromatic N) is 2. The summed E-state index contributed by atoms with van der Waals surface area (Å²) >= 11 is 9.81. The zero-order chi connectivity index (χ0) is 13.4. The highest BCUT2D eigenvalue weighted by molar-refractivity contribution is 7.98. The highest BCUT2D eigenvalue weighted by atomic mass is 35.5. The maximum atomic E-state index is 10.6. The third-order valence-corrected chi connectivity index (χ3v) is 5.90. The van der Waals surface area contributed by atoms with Crippen LogP contribution in [0.15, 0.2) is 12.3 Å². The average Bonchev–Trinajstić information content (AvgIpc) is 3.01. The second-order valence-electron chi connectivity index (χ2n) is 4.50. The number of fused-ring (bicyclic) bond motifs is 1. The number of hydrogen-bond donors (Lipinski definition) is 1. The molecule has 19 heavy (non-hydrogen) atoms. The lowest BCUT2D eigenvalue weighted by Crippen LogP contribution is -2.08. The molecule has 0 fully saturated rings. The summed E-state index contributed by atoms with van der Waals surface area (Å²) in [5, 5.41) is 15.3. The van der Waals surface area contributed by atoms with Crippen molar-refractivity contribution in [2.45, 2.75) is 31.7 Å². The molecule has 102 valence electrons. The highest BCUT2D eigenvalue weighted by Gasteiger charge is 2.23. The molecule has 1 unspecified atom stereocenters. The molecule has 0 radical (unpaired) electrons. The summed E-state index contributed by atoms with van der Waals surface area (Å²) in [5.74, 6) is 2.23. The summed E-state index contributed by atoms with van der Waals surface area (Å²) in [6.07, 6.45) is 2.04. The summed E-state index contributed by atoms with van der Waals surface area (Å²) in [5.41, 5.74) is 2.07. The molecular formula is C13H15ClN2OS2. The van der Waals surface area contributed by atoms with Gasteiger partial charge >= 0.3 is 0 Å². The number of halogens is 1. The number of aliphatic hydroxyl groups is 1. The first kappa shape index (κ1) is 13.5. The second-order valence-corrected chi connectivity index (χ2v) is 7.18. The Kier molecular flexibility index (Phi) is 3.89. The summed E-state index contributed by atoms with van der Waals surface area (Å²) in [6.45, 7) is 2.70. The highest BCUT2D eigenvalue weighted by Crippen LogP contribution is 2.37. The predicted octanol–water partition coefficient (Wildman–Crippen LogP) is 3.49. The van der Waals surface area contributed by atoms with Gasteiger partial charge in [0.1, 0.15) is 6.10 Å². The van der Waals surface area contributed by atoms with E-state index >= 15 is 0 Å². The first-order valence-electron chi connectivity index (χ1n) is 6.29. The van der Waals surface area contributed by atoms with Crippen LogP contribution in [0.4, 0.5) is 0 Å². The van der Waals surface area contributed by atoms with Crippen LogP contribution in [0.3, 0.4) is 0 Å². The van der Waals surface area contributed by atoms with Crippen molar-refractivity contribution in [1.29, 1.82) is 0 Å². The van der Waals surface area contributed by atoms with Gasteiger partial charge in [-0.2, -0.15) is 16.9 Å². The molecule has 2 aromatic heterocycles. The van der Waals surface area contributed by atoms with Gasteiger partial charge in [0.15, 0.2) is 0 Å². The van der Waals surface area contributed by atoms with Gasteiger partial charge in [0.25, 0.3) is 0 Å². The van der Waals surface area contributed by atoms with Gasteiger partial charge in [-0.1, -0.05) is 11.6 Å². The largest absolute Gasteiger partial charge is 0.381 e. The van der Waals surface area contributed by atoms with E-state index in [0.29, 0.717) is 17.3 Å². The zero-order valence-electron chi connectivity index (χ0n) is 10.6. The van der Waals surface area contributed by atoms with Gasteiger partial charge in [-0.05, 0) is 30.7 Å². The summed E-state index contributed by atoms with van der Waals surface area (Å²) in [4.78, 5) is 2.39. The zero-order valence-corrected chi connectivity index (χ0v) is 13.0. The van der Waals surface area contributed by atoms with Crippen LogP contribution in [0.1, 0.15) is 34.0 Å². The van der Waals surface area contributed by atoms with Crippen molar-refractivity contribution in [2.24, 2.45) is 0 Å². The molecule has 1 atom stereocenters. The average molecular weight is 315 g/mol. The molecule has 6 heteroatoms. The molecule has 1 N–H and O–H groups in total. The number of aliphatic hydroxyl groups excluding tert-OH is 1. The van der Waals surface area contributed by atoms with Crippen molar-refractivity contribution in [1.82, 2.24) is 9.78 Å². The van der Waals surface area contributed by atoms with Crippen LogP contribution >= 0.6 is 34.7 Å². The lowest BCUT2D eigenvalue weighted by Gasteiger charge is -2.11. The number of aryl methyl sites for hydroxylation is 2. The van der Waals surface area contributed by atoms with Crippen molar-refractivity contribution >= 4 is 34.7 Å². The van der Waals surface area contributed by atoms with Crippen molar-refractivity contribution in [2.75, 3.05) is 5.75 Å². The van der Waals surface area contributed by atoms with Crippen LogP contribution < -0.4 is 0 Å². The molecule has 3 nitrogen and oxygen atoms in total. The number of aromatic nitrogens is 2. The van der Waals surface area contributed by atoms with Crippen LogP contribution in [0.2, 0.25) is 5.02 Å². The Morgan fingerprint density at radius 1 is 1.58 bits per heavy atom. The van der Waals surface area contributed by atoms with Crippen LogP contribution in [-0.4, -0.2) is 20.6 Å². The molecule has 2 aromatic rings. The lowest BCUT2D eigenvalue weighted by atomic mass is 10.1. The molecular weight excluding hydrogens is 300 g/mol. The summed E-state index contributed by atoms with van der Waals surface area (Å²) in [6, 6.07) is 2.13. The Morgan fingerprint density at radius 2 is 2.42 bits per heavy atom. The summed E-state index contributed by atoms with van der Waals surface area (Å²) in [7, 11) is 0. The Balaban J connectivity index is 1.97. The third kappa shape index (κ3) is 2.44. The minimum absolute atomic E-state index is 0.537. The quantitative estimate of drug-likeness (QED) is 0.942. The first-order valence-corrected chi connectivity index (χ1v) is 8.64. The van der Waals surface area contributed by atoms with Gasteiger partial charge in [0.05, 0.1) is 16.9 Å². The minimum atomic E-state index is -0.671. The Bertz CT molecular complexity index is 570. The van der Waals surface area contributed by atoms with E-state index in [-0.39, 0.29) is 0 Å². The van der Waals surface area contributed by atoms with E-state index < -0.39 is 6.10 Å². The molecule has 1 aliphatic heterocycles. The van der Waals surface area contributed by atoms with Gasteiger partial charge in [0.2, 0.25) is 0 Å². The van der Waals surface area contributed by atoms with Crippen LogP contribution in [0.5, 0.6) is 0 Å². The number of thiophene rings is 1. The standard InChI is InChI=1S/C13H15ClN2OS2/c1-2-16-12(9(14)6-15-16)13(17)11-5-8-7-18-4-3-10(8)19-11/h5-6,13,17H,2-4,7H2,1H3. The van der Waals surface area contributed by atoms with E-state index in [1.807, 2.05) is 18.7 Å². The van der Waals surface area contributed by atoms with E-state index in [2.05, 4.69) is 11.2 Å². The van der Waals surface area contributed by atoms with Crippen LogP contribution in [-0.2, 0) is 18.7 Å². The van der Waals surface area contributed by atoms with Crippen molar-refractivity contribution in [3.8, 4) is 0 Å². The maximum absolute atomic E-state index is 10.6. The molecule has 0 aliphatic carbocycles. The topological polar surface area (TPSA) is 38.0 Å². The third-order valence-electron chi connectivity index (χ3n) is 3.31. The fourth-order valence-corrected chi connectivity index (χ4v) is 4.95. The molecule has 0 amide bonds. The van der Waals surface area contributed by atoms with E-state index in [9.17, 15) is 5.11 Å². The van der Waals surface area contributed by atoms with E-state index in [1.54, 1.807) is 22.2 Å². The Hall–Kier alpha value is -0.490. The normalized spacial score (nSPS) is 16.4. The molecule has 0 saturated heterocycles. The fourth-order valence-electron chi connectivity index (χ4n) is 2.34. The molecule has 0 aromatic carbocycles. The van der Waals surface area contributed by atoms with Gasteiger partial charge in [-0.3, -0.25) is 4.68 Å². The molecule has 1 aliphatic rings. The van der Waals surface area contributed by atoms with Gasteiger partial charge < -0.3 is 5.11 Å². The minimum Gasteiger partial charge on any atom is -0.381 e. The molecule has 0 spiro atoms. The van der Waals surface area contributed by atoms with Crippen molar-refractivity contribution in [3.63, 3.8) is 0 Å². The monoisotopic (exact) mass is 314 g/mol. The predicted molar refractivity (Wildman–Crippen MR) is 81.2 cm³/mol. The Morgan fingerprint density at radius 3 is 3.16 bits per heavy atom. The summed E-state index contributed by atoms with van der Waals surface area (Å²) < 4.78 is 1.76. The van der Waals surface area contributed by atoms with E-state index in [4.69, 9.17) is 11.6 Å². The molecule has 0 bridgehead atoms. The molecule has 3 heterocycles. The molecule has 3 rings (SSSR count). The second kappa shape index (κ2) is 5.48. The number of thioether (sulfide) groups is 1. The van der Waals surface area contributed by atoms with E-state index in [1.165, 1.54) is 16.2 Å². The van der Waals surface area contributed by atoms with Gasteiger partial charge in [-0.25, -0.2) is 0 Å². The SMILES string of the molecule is CCn1ncc(Cl)c1C(O)c1cc2c(s1)CCSC2. The van der Waals surface area contributed by atoms with Gasteiger partial charge in [-0.15, -0.1) is 11.3 Å². The van der Waals surface area contributed by atoms with Crippen molar-refractivity contribution < 1.29 is 5.11 Å². The number of hydrogen-bond acceptors (Lipinski definition) is 4. The van der Waals surface area contributed by atoms with Gasteiger partial charge in [0, 0.05) is 22.1 Å². The van der Waals surface area contributed by atoms with Crippen molar-refractivity contribution in [3.05, 3.63) is 38.3 Å². The van der Waals surface area contributed by atoms with Crippen LogP contribution in [0.25, 0.3) is 0 Å². The van der Waals surface area contributed by atoms with Crippen LogP contribution in [0, 0.1) is 0 Å². The first-order chi connectivity index (χ1) is 9.20. The fraction of sp³-hybridized carbons (Fsp3) is 0.462. The molecule has 0 saturated carbocycles. The Labute approximate surface area is 125 Å². The van der Waals surface area contributed by atoms with E-state index in [0.717, 1.165) is 17.1 Å². The number of rotatable bonds is 3. The lowest BCUT2D eigenvalue weighted by molar-refractivity contribution is 0.212.